The molecule has 2 aromatic carbocycles. The molecule has 1 heterocycles. The number of hydrogen-bond acceptors (Lipinski definition) is 5. The number of rotatable bonds is 6. The molecule has 0 aliphatic carbocycles. The lowest BCUT2D eigenvalue weighted by molar-refractivity contribution is 0.166. The summed E-state index contributed by atoms with van der Waals surface area (Å²) in [7, 11) is -3.68. The summed E-state index contributed by atoms with van der Waals surface area (Å²) in [6, 6.07) is 5.23. The normalized spacial score (nSPS) is 14.4. The molecule has 0 spiro atoms. The van der Waals surface area contributed by atoms with E-state index in [2.05, 4.69) is 4.72 Å². The monoisotopic (exact) mass is 405 g/mol. The first-order valence-corrected chi connectivity index (χ1v) is 10.8. The van der Waals surface area contributed by atoms with Crippen LogP contribution in [0.25, 0.3) is 0 Å². The predicted molar refractivity (Wildman–Crippen MR) is 107 cm³/mol. The Hall–Kier alpha value is -2.09. The summed E-state index contributed by atoms with van der Waals surface area (Å²) >= 11 is 0. The van der Waals surface area contributed by atoms with Crippen LogP contribution in [-0.4, -0.2) is 26.9 Å². The summed E-state index contributed by atoms with van der Waals surface area (Å²) < 4.78 is 39.1. The van der Waals surface area contributed by atoms with E-state index in [1.165, 1.54) is 0 Å². The number of sulfonamides is 1. The quantitative estimate of drug-likeness (QED) is 0.770. The minimum Gasteiger partial charge on any atom is -0.454 e. The highest BCUT2D eigenvalue weighted by atomic mass is 32.2. The average Bonchev–Trinajstić information content (AvgIpc) is 3.12. The third kappa shape index (κ3) is 3.74. The van der Waals surface area contributed by atoms with Crippen LogP contribution in [0.5, 0.6) is 11.5 Å². The lowest BCUT2D eigenvalue weighted by Gasteiger charge is -2.19. The molecule has 1 unspecified atom stereocenters. The van der Waals surface area contributed by atoms with E-state index in [1.54, 1.807) is 18.2 Å². The highest BCUT2D eigenvalue weighted by Gasteiger charge is 2.24. The van der Waals surface area contributed by atoms with Crippen molar-refractivity contribution in [2.24, 2.45) is 0 Å². The summed E-state index contributed by atoms with van der Waals surface area (Å²) in [6.07, 6.45) is -0.554. The Labute approximate surface area is 166 Å². The molecule has 0 saturated heterocycles. The van der Waals surface area contributed by atoms with Crippen LogP contribution in [0.3, 0.4) is 0 Å². The molecule has 6 nitrogen and oxygen atoms in total. The van der Waals surface area contributed by atoms with E-state index in [4.69, 9.17) is 9.47 Å². The van der Waals surface area contributed by atoms with E-state index >= 15 is 0 Å². The largest absolute Gasteiger partial charge is 0.454 e. The molecule has 1 atom stereocenters. The number of benzene rings is 2. The third-order valence-corrected chi connectivity index (χ3v) is 7.43. The van der Waals surface area contributed by atoms with Gasteiger partial charge in [0.25, 0.3) is 0 Å². The van der Waals surface area contributed by atoms with Gasteiger partial charge in [0.15, 0.2) is 11.5 Å². The molecular weight excluding hydrogens is 378 g/mol. The van der Waals surface area contributed by atoms with Crippen LogP contribution in [0.15, 0.2) is 23.1 Å². The molecular formula is C21H27NO5S. The molecule has 28 heavy (non-hydrogen) atoms. The number of nitrogens with one attached hydrogen (secondary N) is 1. The van der Waals surface area contributed by atoms with Gasteiger partial charge in [-0.2, -0.15) is 0 Å². The summed E-state index contributed by atoms with van der Waals surface area (Å²) in [5.41, 5.74) is 5.30. The number of aliphatic hydroxyl groups excluding tert-OH is 1. The van der Waals surface area contributed by atoms with E-state index in [9.17, 15) is 13.5 Å². The van der Waals surface area contributed by atoms with Crippen molar-refractivity contribution in [2.45, 2.75) is 52.0 Å². The van der Waals surface area contributed by atoms with Gasteiger partial charge in [0.05, 0.1) is 11.0 Å². The van der Waals surface area contributed by atoms with Gasteiger partial charge in [-0.25, -0.2) is 13.1 Å². The number of aliphatic hydroxyl groups is 1. The van der Waals surface area contributed by atoms with Crippen molar-refractivity contribution in [1.29, 1.82) is 0 Å². The SMILES string of the molecule is Cc1c(C)c(C)c(S(=O)(=O)NCCC(O)c2ccc3c(c2)OCO3)c(C)c1C. The van der Waals surface area contributed by atoms with Crippen molar-refractivity contribution >= 4 is 10.0 Å². The maximum absolute atomic E-state index is 12.9. The van der Waals surface area contributed by atoms with Crippen molar-refractivity contribution in [1.82, 2.24) is 4.72 Å². The molecule has 0 bridgehead atoms. The second-order valence-corrected chi connectivity index (χ2v) is 8.97. The first-order chi connectivity index (χ1) is 13.1. The predicted octanol–water partition coefficient (Wildman–Crippen LogP) is 3.36. The molecule has 0 amide bonds. The van der Waals surface area contributed by atoms with E-state index in [1.807, 2.05) is 34.6 Å². The van der Waals surface area contributed by atoms with Crippen molar-refractivity contribution in [3.05, 3.63) is 51.6 Å². The molecule has 2 aromatic rings. The maximum Gasteiger partial charge on any atom is 0.241 e. The standard InChI is InChI=1S/C21H27NO5S/c1-12-13(2)15(4)21(16(5)14(12)3)28(24,25)22-9-8-18(23)17-6-7-19-20(10-17)27-11-26-19/h6-7,10,18,22-23H,8-9,11H2,1-5H3. The van der Waals surface area contributed by atoms with E-state index < -0.39 is 16.1 Å². The van der Waals surface area contributed by atoms with E-state index in [0.29, 0.717) is 22.0 Å². The second-order valence-electron chi connectivity index (χ2n) is 7.27. The summed E-state index contributed by atoms with van der Waals surface area (Å²) in [5.74, 6) is 1.24. The topological polar surface area (TPSA) is 84.9 Å². The van der Waals surface area contributed by atoms with Crippen molar-refractivity contribution in [3.8, 4) is 11.5 Å². The highest BCUT2D eigenvalue weighted by Crippen LogP contribution is 2.35. The zero-order valence-electron chi connectivity index (χ0n) is 16.9. The lowest BCUT2D eigenvalue weighted by Crippen LogP contribution is -2.28. The molecule has 3 rings (SSSR count). The Morgan fingerprint density at radius 2 is 1.54 bits per heavy atom. The third-order valence-electron chi connectivity index (χ3n) is 5.69. The van der Waals surface area contributed by atoms with Crippen molar-refractivity contribution in [3.63, 3.8) is 0 Å². The Morgan fingerprint density at radius 3 is 2.18 bits per heavy atom. The maximum atomic E-state index is 12.9. The highest BCUT2D eigenvalue weighted by molar-refractivity contribution is 7.89. The first kappa shape index (κ1) is 20.6. The number of hydrogen-bond donors (Lipinski definition) is 2. The Kier molecular flexibility index (Phi) is 5.70. The lowest BCUT2D eigenvalue weighted by atomic mass is 9.95. The van der Waals surface area contributed by atoms with Gasteiger partial charge >= 0.3 is 0 Å². The zero-order chi connectivity index (χ0) is 20.6. The van der Waals surface area contributed by atoms with Crippen LogP contribution in [-0.2, 0) is 10.0 Å². The van der Waals surface area contributed by atoms with Crippen LogP contribution in [0.2, 0.25) is 0 Å². The average molecular weight is 406 g/mol. The van der Waals surface area contributed by atoms with E-state index in [0.717, 1.165) is 27.8 Å². The first-order valence-electron chi connectivity index (χ1n) is 9.27. The molecule has 2 N–H and O–H groups in total. The second kappa shape index (κ2) is 7.73. The zero-order valence-corrected chi connectivity index (χ0v) is 17.7. The van der Waals surface area contributed by atoms with Crippen LogP contribution < -0.4 is 14.2 Å². The van der Waals surface area contributed by atoms with Gasteiger partial charge in [-0.1, -0.05) is 6.07 Å². The fourth-order valence-corrected chi connectivity index (χ4v) is 5.20. The molecule has 1 aliphatic rings. The molecule has 152 valence electrons. The molecule has 0 saturated carbocycles. The van der Waals surface area contributed by atoms with Crippen LogP contribution in [0, 0.1) is 34.6 Å². The van der Waals surface area contributed by atoms with Gasteiger partial charge in [-0.05, 0) is 86.6 Å². The smallest absolute Gasteiger partial charge is 0.241 e. The Morgan fingerprint density at radius 1 is 0.964 bits per heavy atom. The summed E-state index contributed by atoms with van der Waals surface area (Å²) in [6.45, 7) is 9.87. The molecule has 0 fully saturated rings. The van der Waals surface area contributed by atoms with Crippen LogP contribution in [0.1, 0.15) is 45.9 Å². The molecule has 0 aromatic heterocycles. The molecule has 7 heteroatoms. The number of fused-ring (bicyclic) bond motifs is 1. The molecule has 1 aliphatic heterocycles. The van der Waals surface area contributed by atoms with Gasteiger partial charge in [0.1, 0.15) is 0 Å². The van der Waals surface area contributed by atoms with Gasteiger partial charge in [0.2, 0.25) is 16.8 Å². The molecule has 0 radical (unpaired) electrons. The van der Waals surface area contributed by atoms with Crippen LogP contribution in [0.4, 0.5) is 0 Å². The number of ether oxygens (including phenoxy) is 2. The minimum atomic E-state index is -3.68. The van der Waals surface area contributed by atoms with Crippen molar-refractivity contribution < 1.29 is 23.0 Å². The van der Waals surface area contributed by atoms with Crippen molar-refractivity contribution in [2.75, 3.05) is 13.3 Å². The van der Waals surface area contributed by atoms with Gasteiger partial charge in [-0.3, -0.25) is 0 Å². The van der Waals surface area contributed by atoms with Crippen LogP contribution >= 0.6 is 0 Å². The van der Waals surface area contributed by atoms with Gasteiger partial charge < -0.3 is 14.6 Å². The van der Waals surface area contributed by atoms with E-state index in [-0.39, 0.29) is 19.8 Å². The Bertz CT molecular complexity index is 985. The van der Waals surface area contributed by atoms with Gasteiger partial charge in [-0.15, -0.1) is 0 Å². The summed E-state index contributed by atoms with van der Waals surface area (Å²) in [5, 5.41) is 10.4. The summed E-state index contributed by atoms with van der Waals surface area (Å²) in [4.78, 5) is 0.339. The fourth-order valence-electron chi connectivity index (χ4n) is 3.56. The van der Waals surface area contributed by atoms with Gasteiger partial charge in [0, 0.05) is 6.54 Å². The fraction of sp³-hybridized carbons (Fsp3) is 0.429. The Balaban J connectivity index is 1.72. The minimum absolute atomic E-state index is 0.128.